The van der Waals surface area contributed by atoms with E-state index < -0.39 is 17.0 Å². The van der Waals surface area contributed by atoms with Crippen LogP contribution in [0.5, 0.6) is 0 Å². The zero-order chi connectivity index (χ0) is 19.8. The normalized spacial score (nSPS) is 17.8. The van der Waals surface area contributed by atoms with Gasteiger partial charge in [0.15, 0.2) is 0 Å². The van der Waals surface area contributed by atoms with Crippen molar-refractivity contribution in [2.24, 2.45) is 5.41 Å². The number of carboxylic acid groups (broad SMARTS) is 1. The lowest BCUT2D eigenvalue weighted by Crippen LogP contribution is -2.48. The minimum Gasteiger partial charge on any atom is -0.481 e. The number of carbonyl (C=O) groups excluding carboxylic acids is 1. The number of ether oxygens (including phenoxy) is 1. The van der Waals surface area contributed by atoms with E-state index in [-0.39, 0.29) is 11.5 Å². The van der Waals surface area contributed by atoms with Gasteiger partial charge >= 0.3 is 12.1 Å². The Morgan fingerprint density at radius 1 is 1.23 bits per heavy atom. The Bertz CT molecular complexity index is 662. The van der Waals surface area contributed by atoms with Gasteiger partial charge < -0.3 is 14.7 Å². The maximum Gasteiger partial charge on any atom is 0.410 e. The maximum absolute atomic E-state index is 12.2. The molecule has 0 saturated carbocycles. The van der Waals surface area contributed by atoms with Crippen LogP contribution in [-0.4, -0.2) is 45.7 Å². The quantitative estimate of drug-likeness (QED) is 0.852. The van der Waals surface area contributed by atoms with E-state index in [9.17, 15) is 14.7 Å². The van der Waals surface area contributed by atoms with Crippen molar-refractivity contribution in [2.45, 2.75) is 71.8 Å². The van der Waals surface area contributed by atoms with Crippen molar-refractivity contribution in [1.29, 1.82) is 0 Å². The number of amides is 1. The van der Waals surface area contributed by atoms with Crippen LogP contribution in [0, 0.1) is 5.41 Å². The molecule has 2 rings (SSSR count). The van der Waals surface area contributed by atoms with Crippen molar-refractivity contribution < 1.29 is 19.4 Å². The van der Waals surface area contributed by atoms with Crippen LogP contribution in [0.4, 0.5) is 4.79 Å². The van der Waals surface area contributed by atoms with Gasteiger partial charge in [-0.25, -0.2) is 9.78 Å². The van der Waals surface area contributed by atoms with Crippen molar-refractivity contribution in [3.63, 3.8) is 0 Å². The summed E-state index contributed by atoms with van der Waals surface area (Å²) in [7, 11) is 0. The molecule has 0 atom stereocenters. The Morgan fingerprint density at radius 2 is 1.81 bits per heavy atom. The van der Waals surface area contributed by atoms with Gasteiger partial charge in [-0.2, -0.15) is 0 Å². The zero-order valence-corrected chi connectivity index (χ0v) is 17.4. The average molecular weight is 383 g/mol. The number of likely N-dealkylation sites (tertiary alicyclic amines) is 1. The monoisotopic (exact) mass is 382 g/mol. The van der Waals surface area contributed by atoms with Gasteiger partial charge in [0.2, 0.25) is 0 Å². The molecule has 0 unspecified atom stereocenters. The molecular weight excluding hydrogens is 352 g/mol. The van der Waals surface area contributed by atoms with Gasteiger partial charge in [-0.05, 0) is 33.6 Å². The molecule has 0 spiro atoms. The molecule has 0 aromatic carbocycles. The fraction of sp³-hybridized carbons (Fsp3) is 0.737. The number of aromatic nitrogens is 1. The molecule has 146 valence electrons. The number of nitrogens with zero attached hydrogens (tertiary/aromatic N) is 2. The van der Waals surface area contributed by atoms with E-state index in [1.807, 2.05) is 26.2 Å². The molecule has 1 saturated heterocycles. The predicted molar refractivity (Wildman–Crippen MR) is 102 cm³/mol. The largest absolute Gasteiger partial charge is 0.481 e. The third-order valence-corrected chi connectivity index (χ3v) is 5.48. The summed E-state index contributed by atoms with van der Waals surface area (Å²) in [6.07, 6.45) is 0.851. The molecule has 1 aliphatic heterocycles. The van der Waals surface area contributed by atoms with E-state index in [1.54, 1.807) is 4.90 Å². The molecular formula is C19H30N2O4S. The molecule has 0 bridgehead atoms. The molecule has 1 amide bonds. The number of thiazole rings is 1. The zero-order valence-electron chi connectivity index (χ0n) is 16.6. The van der Waals surface area contributed by atoms with E-state index in [0.29, 0.717) is 32.4 Å². The molecule has 1 aliphatic rings. The summed E-state index contributed by atoms with van der Waals surface area (Å²) in [5.74, 6) is -0.811. The number of carbonyl (C=O) groups is 2. The molecule has 6 nitrogen and oxygen atoms in total. The van der Waals surface area contributed by atoms with Gasteiger partial charge in [0.05, 0.1) is 16.1 Å². The highest BCUT2D eigenvalue weighted by Crippen LogP contribution is 2.37. The third-order valence-electron chi connectivity index (χ3n) is 4.64. The SMILES string of the molecule is CC(C)(C)OC(=O)N1CCC(Cc2nc(C(C)(C)C)cs2)(C(=O)O)CC1. The first-order valence-electron chi connectivity index (χ1n) is 8.99. The molecule has 0 radical (unpaired) electrons. The second kappa shape index (κ2) is 7.18. The Morgan fingerprint density at radius 3 is 2.23 bits per heavy atom. The Labute approximate surface area is 159 Å². The minimum atomic E-state index is -0.870. The van der Waals surface area contributed by atoms with E-state index in [2.05, 4.69) is 25.8 Å². The van der Waals surface area contributed by atoms with Gasteiger partial charge in [-0.15, -0.1) is 11.3 Å². The number of carboxylic acids is 1. The van der Waals surface area contributed by atoms with Gasteiger partial charge in [0.25, 0.3) is 0 Å². The molecule has 26 heavy (non-hydrogen) atoms. The van der Waals surface area contributed by atoms with E-state index in [4.69, 9.17) is 4.74 Å². The van der Waals surface area contributed by atoms with Crippen LogP contribution in [0.2, 0.25) is 0 Å². The average Bonchev–Trinajstić information content (AvgIpc) is 2.94. The van der Waals surface area contributed by atoms with Crippen LogP contribution in [0.1, 0.15) is 65.1 Å². The topological polar surface area (TPSA) is 79.7 Å². The molecule has 1 N–H and O–H groups in total. The van der Waals surface area contributed by atoms with Crippen molar-refractivity contribution in [3.8, 4) is 0 Å². The highest BCUT2D eigenvalue weighted by molar-refractivity contribution is 7.09. The summed E-state index contributed by atoms with van der Waals surface area (Å²) < 4.78 is 5.39. The third kappa shape index (κ3) is 4.96. The molecule has 2 heterocycles. The predicted octanol–water partition coefficient (Wildman–Crippen LogP) is 4.09. The maximum atomic E-state index is 12.2. The highest BCUT2D eigenvalue weighted by Gasteiger charge is 2.44. The summed E-state index contributed by atoms with van der Waals surface area (Å²) in [5.41, 5.74) is -0.483. The van der Waals surface area contributed by atoms with Crippen LogP contribution in [0.3, 0.4) is 0 Å². The number of aliphatic carboxylic acids is 1. The lowest BCUT2D eigenvalue weighted by molar-refractivity contribution is -0.152. The number of hydrogen-bond acceptors (Lipinski definition) is 5. The number of hydrogen-bond donors (Lipinski definition) is 1. The lowest BCUT2D eigenvalue weighted by Gasteiger charge is -2.38. The van der Waals surface area contributed by atoms with E-state index in [0.717, 1.165) is 10.7 Å². The molecule has 1 fully saturated rings. The van der Waals surface area contributed by atoms with Gasteiger partial charge in [-0.3, -0.25) is 4.79 Å². The van der Waals surface area contributed by atoms with Crippen LogP contribution in [0.25, 0.3) is 0 Å². The van der Waals surface area contributed by atoms with Crippen LogP contribution < -0.4 is 0 Å². The Hall–Kier alpha value is -1.63. The Kier molecular flexibility index (Phi) is 5.71. The molecule has 0 aliphatic carbocycles. The Balaban J connectivity index is 2.07. The first-order valence-corrected chi connectivity index (χ1v) is 9.87. The standard InChI is InChI=1S/C19H30N2O4S/c1-17(2,3)13-12-26-14(20-13)11-19(15(22)23)7-9-21(10-8-19)16(24)25-18(4,5)6/h12H,7-11H2,1-6H3,(H,22,23). The number of rotatable bonds is 3. The smallest absolute Gasteiger partial charge is 0.410 e. The number of piperidine rings is 1. The summed E-state index contributed by atoms with van der Waals surface area (Å²) >= 11 is 1.52. The van der Waals surface area contributed by atoms with Crippen molar-refractivity contribution in [2.75, 3.05) is 13.1 Å². The second-order valence-electron chi connectivity index (χ2n) is 9.11. The van der Waals surface area contributed by atoms with Crippen LogP contribution >= 0.6 is 11.3 Å². The summed E-state index contributed by atoms with van der Waals surface area (Å²) in [6, 6.07) is 0. The first-order chi connectivity index (χ1) is 11.8. The minimum absolute atomic E-state index is 0.0504. The van der Waals surface area contributed by atoms with Crippen molar-refractivity contribution in [1.82, 2.24) is 9.88 Å². The van der Waals surface area contributed by atoms with Crippen LogP contribution in [0.15, 0.2) is 5.38 Å². The first kappa shape index (κ1) is 20.7. The summed E-state index contributed by atoms with van der Waals surface area (Å²) in [5, 5.41) is 12.7. The highest BCUT2D eigenvalue weighted by atomic mass is 32.1. The van der Waals surface area contributed by atoms with Crippen molar-refractivity contribution >= 4 is 23.4 Å². The fourth-order valence-corrected chi connectivity index (χ4v) is 4.10. The van der Waals surface area contributed by atoms with Crippen molar-refractivity contribution in [3.05, 3.63) is 16.1 Å². The van der Waals surface area contributed by atoms with E-state index in [1.165, 1.54) is 11.3 Å². The second-order valence-corrected chi connectivity index (χ2v) is 10.0. The molecule has 1 aromatic rings. The van der Waals surface area contributed by atoms with E-state index >= 15 is 0 Å². The summed E-state index contributed by atoms with van der Waals surface area (Å²) in [4.78, 5) is 30.5. The lowest BCUT2D eigenvalue weighted by atomic mass is 9.76. The van der Waals surface area contributed by atoms with Gasteiger partial charge in [-0.1, -0.05) is 20.8 Å². The van der Waals surface area contributed by atoms with Crippen LogP contribution in [-0.2, 0) is 21.4 Å². The summed E-state index contributed by atoms with van der Waals surface area (Å²) in [6.45, 7) is 12.5. The van der Waals surface area contributed by atoms with Gasteiger partial charge in [0, 0.05) is 30.3 Å². The van der Waals surface area contributed by atoms with Gasteiger partial charge in [0.1, 0.15) is 5.60 Å². The molecule has 7 heteroatoms. The fourth-order valence-electron chi connectivity index (χ4n) is 2.94. The molecule has 1 aromatic heterocycles.